The molecule has 1 aromatic heterocycles. The van der Waals surface area contributed by atoms with Gasteiger partial charge in [0.05, 0.1) is 6.54 Å². The van der Waals surface area contributed by atoms with Gasteiger partial charge in [0, 0.05) is 5.69 Å². The smallest absolute Gasteiger partial charge is 0.412 e. The van der Waals surface area contributed by atoms with Crippen LogP contribution in [0.25, 0.3) is 0 Å². The van der Waals surface area contributed by atoms with Gasteiger partial charge in [-0.1, -0.05) is 24.6 Å². The van der Waals surface area contributed by atoms with Gasteiger partial charge in [-0.05, 0) is 57.4 Å². The van der Waals surface area contributed by atoms with E-state index in [1.54, 1.807) is 25.3 Å². The Balaban J connectivity index is 2.02. The highest BCUT2D eigenvalue weighted by molar-refractivity contribution is 6.30. The van der Waals surface area contributed by atoms with E-state index in [9.17, 15) is 10.1 Å². The van der Waals surface area contributed by atoms with Gasteiger partial charge in [-0.15, -0.1) is 0 Å². The van der Waals surface area contributed by atoms with E-state index in [0.29, 0.717) is 18.1 Å². The zero-order valence-electron chi connectivity index (χ0n) is 17.7. The Kier molecular flexibility index (Phi) is 5.52. The van der Waals surface area contributed by atoms with Crippen LogP contribution in [-0.4, -0.2) is 27.1 Å². The summed E-state index contributed by atoms with van der Waals surface area (Å²) in [5.41, 5.74) is 7.58. The minimum atomic E-state index is -0.774. The molecule has 0 radical (unpaired) electrons. The molecule has 0 saturated heterocycles. The first kappa shape index (κ1) is 21.7. The highest BCUT2D eigenvalue weighted by Gasteiger charge is 2.36. The van der Waals surface area contributed by atoms with Crippen molar-refractivity contribution in [2.45, 2.75) is 58.7 Å². The van der Waals surface area contributed by atoms with Crippen molar-refractivity contribution >= 4 is 29.2 Å². The number of carbonyl (C=O) groups excluding carboxylic acids is 1. The topological polar surface area (TPSA) is 118 Å². The largest absolute Gasteiger partial charge is 0.444 e. The van der Waals surface area contributed by atoms with E-state index in [4.69, 9.17) is 27.1 Å². The lowest BCUT2D eigenvalue weighted by atomic mass is 9.86. The first-order valence-electron chi connectivity index (χ1n) is 9.62. The number of hydrogen-bond acceptors (Lipinski definition) is 6. The third kappa shape index (κ3) is 4.12. The molecule has 0 aliphatic carbocycles. The van der Waals surface area contributed by atoms with Crippen LogP contribution in [0.2, 0.25) is 5.15 Å². The summed E-state index contributed by atoms with van der Waals surface area (Å²) >= 11 is 6.11. The van der Waals surface area contributed by atoms with Crippen LogP contribution in [0.1, 0.15) is 57.3 Å². The number of nitrogens with one attached hydrogen (secondary N) is 1. The number of amidine groups is 1. The zero-order chi connectivity index (χ0) is 22.3. The number of aliphatic imine (C=N–C) groups is 1. The number of nitrogens with zero attached hydrogens (tertiary/aromatic N) is 4. The van der Waals surface area contributed by atoms with Crippen molar-refractivity contribution in [3.05, 3.63) is 46.0 Å². The molecule has 158 valence electrons. The molecule has 30 heavy (non-hydrogen) atoms. The molecule has 0 spiro atoms. The van der Waals surface area contributed by atoms with E-state index in [1.807, 2.05) is 32.0 Å². The third-order valence-electron chi connectivity index (χ3n) is 4.81. The fourth-order valence-electron chi connectivity index (χ4n) is 3.57. The average Bonchev–Trinajstić information content (AvgIpc) is 2.95. The molecule has 1 aliphatic rings. The molecule has 2 heterocycles. The van der Waals surface area contributed by atoms with Gasteiger partial charge in [-0.2, -0.15) is 5.26 Å². The van der Waals surface area contributed by atoms with Crippen LogP contribution in [-0.2, 0) is 23.2 Å². The van der Waals surface area contributed by atoms with Crippen molar-refractivity contribution in [1.82, 2.24) is 9.55 Å². The van der Waals surface area contributed by atoms with Crippen LogP contribution in [0.4, 0.5) is 10.5 Å². The number of nitriles is 1. The number of anilines is 1. The van der Waals surface area contributed by atoms with E-state index in [-0.39, 0.29) is 16.7 Å². The van der Waals surface area contributed by atoms with Gasteiger partial charge < -0.3 is 15.0 Å². The van der Waals surface area contributed by atoms with Crippen molar-refractivity contribution in [2.75, 3.05) is 5.32 Å². The lowest BCUT2D eigenvalue weighted by Gasteiger charge is -2.33. The lowest BCUT2D eigenvalue weighted by Crippen LogP contribution is -2.38. The second-order valence-corrected chi connectivity index (χ2v) is 8.75. The van der Waals surface area contributed by atoms with E-state index in [1.165, 1.54) is 0 Å². The summed E-state index contributed by atoms with van der Waals surface area (Å²) in [6, 6.07) is 7.73. The molecule has 1 aliphatic heterocycles. The fraction of sp³-hybridized carbons (Fsp3) is 0.429. The highest BCUT2D eigenvalue weighted by atomic mass is 35.5. The predicted octanol–water partition coefficient (Wildman–Crippen LogP) is 3.95. The summed E-state index contributed by atoms with van der Waals surface area (Å²) in [5, 5.41) is 12.4. The number of hydrogen-bond donors (Lipinski definition) is 2. The summed E-state index contributed by atoms with van der Waals surface area (Å²) < 4.78 is 7.04. The lowest BCUT2D eigenvalue weighted by molar-refractivity contribution is 0.0636. The summed E-state index contributed by atoms with van der Waals surface area (Å²) in [5.74, 6) is 0.592. The molecule has 0 bridgehead atoms. The normalized spacial score (nSPS) is 18.2. The van der Waals surface area contributed by atoms with Gasteiger partial charge in [0.1, 0.15) is 17.2 Å². The highest BCUT2D eigenvalue weighted by Crippen LogP contribution is 2.37. The number of benzene rings is 1. The zero-order valence-corrected chi connectivity index (χ0v) is 18.5. The maximum absolute atomic E-state index is 12.2. The fourth-order valence-corrected chi connectivity index (χ4v) is 3.79. The standard InChI is InChI=1S/C21H25ClN6O2/c1-6-12-7-8-13(25-19(29)30-20(2,3)4)9-14(12)21(5)11-28-15(10-23)16(22)26-18(28)17(24)27-21/h7-9H,6,11H2,1-5H3,(H2,24,27)(H,25,29). The van der Waals surface area contributed by atoms with E-state index in [0.717, 1.165) is 17.5 Å². The molecular formula is C21H25ClN6O2. The number of rotatable bonds is 3. The maximum Gasteiger partial charge on any atom is 0.412 e. The van der Waals surface area contributed by atoms with Crippen LogP contribution in [0.3, 0.4) is 0 Å². The number of ether oxygens (including phenoxy) is 1. The summed E-state index contributed by atoms with van der Waals surface area (Å²) in [6.07, 6.45) is 0.223. The number of aryl methyl sites for hydroxylation is 1. The number of amides is 1. The van der Waals surface area contributed by atoms with E-state index in [2.05, 4.69) is 16.4 Å². The van der Waals surface area contributed by atoms with Gasteiger partial charge in [-0.3, -0.25) is 10.3 Å². The third-order valence-corrected chi connectivity index (χ3v) is 5.07. The van der Waals surface area contributed by atoms with Gasteiger partial charge in [-0.25, -0.2) is 9.78 Å². The molecular weight excluding hydrogens is 404 g/mol. The molecule has 3 rings (SSSR count). The number of aromatic nitrogens is 2. The van der Waals surface area contributed by atoms with Crippen LogP contribution in [0.15, 0.2) is 23.2 Å². The first-order valence-corrected chi connectivity index (χ1v) is 10.0. The molecule has 8 nitrogen and oxygen atoms in total. The van der Waals surface area contributed by atoms with Crippen molar-refractivity contribution < 1.29 is 9.53 Å². The Morgan fingerprint density at radius 3 is 2.77 bits per heavy atom. The molecule has 0 fully saturated rings. The average molecular weight is 429 g/mol. The number of halogens is 1. The van der Waals surface area contributed by atoms with Crippen molar-refractivity contribution in [3.63, 3.8) is 0 Å². The predicted molar refractivity (Wildman–Crippen MR) is 116 cm³/mol. The first-order chi connectivity index (χ1) is 14.0. The number of fused-ring (bicyclic) bond motifs is 1. The van der Waals surface area contributed by atoms with Crippen molar-refractivity contribution in [1.29, 1.82) is 5.26 Å². The SMILES string of the molecule is CCc1ccc(NC(=O)OC(C)(C)C)cc1C1(C)Cn2c(nc(Cl)c2C#N)C(N)=N1. The Hall–Kier alpha value is -3.05. The summed E-state index contributed by atoms with van der Waals surface area (Å²) in [7, 11) is 0. The quantitative estimate of drug-likeness (QED) is 0.767. The van der Waals surface area contributed by atoms with Gasteiger partial charge in [0.15, 0.2) is 22.5 Å². The van der Waals surface area contributed by atoms with Gasteiger partial charge >= 0.3 is 6.09 Å². The number of imidazole rings is 1. The monoisotopic (exact) mass is 428 g/mol. The Morgan fingerprint density at radius 2 is 2.17 bits per heavy atom. The van der Waals surface area contributed by atoms with Gasteiger partial charge in [0.2, 0.25) is 0 Å². The molecule has 1 atom stereocenters. The van der Waals surface area contributed by atoms with Crippen LogP contribution in [0, 0.1) is 11.3 Å². The molecule has 1 unspecified atom stereocenters. The number of nitrogens with two attached hydrogens (primary N) is 1. The maximum atomic E-state index is 12.2. The van der Waals surface area contributed by atoms with E-state index >= 15 is 0 Å². The Bertz CT molecular complexity index is 1080. The second kappa shape index (κ2) is 7.65. The summed E-state index contributed by atoms with van der Waals surface area (Å²) in [4.78, 5) is 21.1. The molecule has 1 amide bonds. The van der Waals surface area contributed by atoms with Crippen LogP contribution >= 0.6 is 11.6 Å². The second-order valence-electron chi connectivity index (χ2n) is 8.40. The molecule has 1 aromatic carbocycles. The van der Waals surface area contributed by atoms with Crippen molar-refractivity contribution in [3.8, 4) is 6.07 Å². The van der Waals surface area contributed by atoms with Crippen LogP contribution < -0.4 is 11.1 Å². The minimum Gasteiger partial charge on any atom is -0.444 e. The molecule has 2 aromatic rings. The summed E-state index contributed by atoms with van der Waals surface area (Å²) in [6.45, 7) is 9.73. The molecule has 3 N–H and O–H groups in total. The Morgan fingerprint density at radius 1 is 1.47 bits per heavy atom. The molecule has 0 saturated carbocycles. The number of carbonyl (C=O) groups is 1. The van der Waals surface area contributed by atoms with Crippen molar-refractivity contribution in [2.24, 2.45) is 10.7 Å². The molecule has 9 heteroatoms. The Labute approximate surface area is 180 Å². The van der Waals surface area contributed by atoms with Gasteiger partial charge in [0.25, 0.3) is 0 Å². The van der Waals surface area contributed by atoms with E-state index < -0.39 is 17.2 Å². The minimum absolute atomic E-state index is 0.103. The van der Waals surface area contributed by atoms with Crippen LogP contribution in [0.5, 0.6) is 0 Å².